The Balaban J connectivity index is 1.45. The van der Waals surface area contributed by atoms with Crippen molar-refractivity contribution in [1.29, 1.82) is 0 Å². The maximum absolute atomic E-state index is 3.78. The molecular formula is C50H62N2. The van der Waals surface area contributed by atoms with Crippen LogP contribution in [0.4, 0.5) is 28.4 Å². The fraction of sp³-hybridized carbons (Fsp3) is 0.400. The van der Waals surface area contributed by atoms with Crippen LogP contribution in [0.15, 0.2) is 109 Å². The molecule has 5 aromatic rings. The van der Waals surface area contributed by atoms with Gasteiger partial charge in [0, 0.05) is 33.9 Å². The minimum atomic E-state index is -0.0205. The van der Waals surface area contributed by atoms with Crippen LogP contribution in [0.5, 0.6) is 0 Å². The maximum Gasteiger partial charge on any atom is 0.0465 e. The van der Waals surface area contributed by atoms with Crippen LogP contribution in [-0.4, -0.2) is 0 Å². The van der Waals surface area contributed by atoms with Crippen molar-refractivity contribution < 1.29 is 0 Å². The van der Waals surface area contributed by atoms with E-state index in [0.29, 0.717) is 0 Å². The Morgan fingerprint density at radius 3 is 1.35 bits per heavy atom. The number of unbranched alkanes of at least 4 members (excludes halogenated alkanes) is 10. The predicted molar refractivity (Wildman–Crippen MR) is 227 cm³/mol. The highest BCUT2D eigenvalue weighted by Gasteiger charge is 2.43. The maximum atomic E-state index is 3.78. The molecule has 0 atom stereocenters. The number of aryl methyl sites for hydroxylation is 3. The summed E-state index contributed by atoms with van der Waals surface area (Å²) in [7, 11) is 0. The summed E-state index contributed by atoms with van der Waals surface area (Å²) in [4.78, 5) is 2.47. The van der Waals surface area contributed by atoms with Gasteiger partial charge in [-0.05, 0) is 117 Å². The zero-order valence-electron chi connectivity index (χ0n) is 32.7. The van der Waals surface area contributed by atoms with E-state index >= 15 is 0 Å². The molecule has 0 aliphatic heterocycles. The molecule has 0 saturated heterocycles. The van der Waals surface area contributed by atoms with E-state index in [1.54, 1.807) is 0 Å². The Kier molecular flexibility index (Phi) is 12.9. The lowest BCUT2D eigenvalue weighted by Gasteiger charge is -2.34. The van der Waals surface area contributed by atoms with Gasteiger partial charge in [0.2, 0.25) is 0 Å². The van der Waals surface area contributed by atoms with Gasteiger partial charge in [-0.15, -0.1) is 0 Å². The van der Waals surface area contributed by atoms with E-state index in [4.69, 9.17) is 0 Å². The Morgan fingerprint density at radius 1 is 0.423 bits per heavy atom. The first-order valence-corrected chi connectivity index (χ1v) is 20.5. The molecule has 1 N–H and O–H groups in total. The predicted octanol–water partition coefficient (Wildman–Crippen LogP) is 15.6. The molecule has 0 fully saturated rings. The van der Waals surface area contributed by atoms with Gasteiger partial charge in [0.1, 0.15) is 0 Å². The normalized spacial score (nSPS) is 12.8. The van der Waals surface area contributed by atoms with E-state index in [9.17, 15) is 0 Å². The highest BCUT2D eigenvalue weighted by molar-refractivity contribution is 5.87. The van der Waals surface area contributed by atoms with Gasteiger partial charge >= 0.3 is 0 Å². The van der Waals surface area contributed by atoms with Gasteiger partial charge in [0.25, 0.3) is 0 Å². The van der Waals surface area contributed by atoms with Gasteiger partial charge in [0.15, 0.2) is 0 Å². The lowest BCUT2D eigenvalue weighted by atomic mass is 9.70. The van der Waals surface area contributed by atoms with Crippen LogP contribution < -0.4 is 10.2 Å². The molecule has 0 unspecified atom stereocenters. The van der Waals surface area contributed by atoms with E-state index in [0.717, 1.165) is 5.69 Å². The number of anilines is 5. The molecule has 52 heavy (non-hydrogen) atoms. The van der Waals surface area contributed by atoms with Gasteiger partial charge in [-0.1, -0.05) is 156 Å². The van der Waals surface area contributed by atoms with Crippen LogP contribution in [0.25, 0.3) is 11.1 Å². The van der Waals surface area contributed by atoms with Crippen LogP contribution in [0.1, 0.15) is 132 Å². The quantitative estimate of drug-likeness (QED) is 0.0868. The fourth-order valence-corrected chi connectivity index (χ4v) is 8.42. The molecule has 0 bridgehead atoms. The minimum absolute atomic E-state index is 0.0205. The summed E-state index contributed by atoms with van der Waals surface area (Å²) in [6.45, 7) is 11.1. The molecule has 2 nitrogen and oxygen atoms in total. The van der Waals surface area contributed by atoms with Crippen molar-refractivity contribution in [3.63, 3.8) is 0 Å². The van der Waals surface area contributed by atoms with Crippen LogP contribution >= 0.6 is 0 Å². The summed E-state index contributed by atoms with van der Waals surface area (Å²) in [5.41, 5.74) is 15.7. The average Bonchev–Trinajstić information content (AvgIpc) is 3.42. The van der Waals surface area contributed by atoms with Crippen molar-refractivity contribution in [3.8, 4) is 11.1 Å². The van der Waals surface area contributed by atoms with Crippen molar-refractivity contribution >= 4 is 28.4 Å². The summed E-state index contributed by atoms with van der Waals surface area (Å²) in [6, 6.07) is 41.5. The van der Waals surface area contributed by atoms with Crippen LogP contribution in [0.3, 0.4) is 0 Å². The molecule has 2 heteroatoms. The van der Waals surface area contributed by atoms with Gasteiger partial charge in [-0.25, -0.2) is 0 Å². The zero-order chi connectivity index (χ0) is 36.3. The third kappa shape index (κ3) is 8.83. The van der Waals surface area contributed by atoms with Crippen LogP contribution in [-0.2, 0) is 5.41 Å². The van der Waals surface area contributed by atoms with E-state index in [1.807, 2.05) is 0 Å². The Morgan fingerprint density at radius 2 is 0.827 bits per heavy atom. The smallest absolute Gasteiger partial charge is 0.0465 e. The van der Waals surface area contributed by atoms with E-state index in [2.05, 4.69) is 154 Å². The number of nitrogens with one attached hydrogen (secondary N) is 1. The number of benzene rings is 5. The molecule has 0 radical (unpaired) electrons. The van der Waals surface area contributed by atoms with E-state index in [-0.39, 0.29) is 5.41 Å². The number of rotatable bonds is 19. The molecule has 1 aliphatic carbocycles. The molecule has 5 aromatic carbocycles. The van der Waals surface area contributed by atoms with E-state index in [1.165, 1.54) is 152 Å². The third-order valence-electron chi connectivity index (χ3n) is 11.4. The van der Waals surface area contributed by atoms with Crippen molar-refractivity contribution in [3.05, 3.63) is 137 Å². The molecule has 0 aromatic heterocycles. The highest BCUT2D eigenvalue weighted by Crippen LogP contribution is 2.56. The Labute approximate surface area is 315 Å². The SMILES string of the molecule is CCCCCCCCC1(CCCCCCCC)c2cc(Nc3ccc(C)cc3)ccc2-c2ccc(N(c3ccc(C)cc3)c3ccc(C)cc3)cc21. The lowest BCUT2D eigenvalue weighted by Crippen LogP contribution is -2.26. The second kappa shape index (κ2) is 18.0. The second-order valence-electron chi connectivity index (χ2n) is 15.6. The number of hydrogen-bond donors (Lipinski definition) is 1. The van der Waals surface area contributed by atoms with Gasteiger partial charge in [-0.2, -0.15) is 0 Å². The molecular weight excluding hydrogens is 629 g/mol. The molecule has 6 rings (SSSR count). The molecule has 0 heterocycles. The lowest BCUT2D eigenvalue weighted by molar-refractivity contribution is 0.398. The average molecular weight is 691 g/mol. The first-order chi connectivity index (χ1) is 25.4. The molecule has 272 valence electrons. The van der Waals surface area contributed by atoms with Crippen molar-refractivity contribution in [2.45, 2.75) is 130 Å². The van der Waals surface area contributed by atoms with E-state index < -0.39 is 0 Å². The standard InChI is InChI=1S/C50H62N2/c1-6-8-10-12-14-16-34-50(35-17-15-13-11-9-7-2)48-36-42(51-41-24-18-38(3)19-25-41)26-32-46(48)47-33-31-45(37-49(47)50)52(43-27-20-39(4)21-28-43)44-29-22-40(5)23-30-44/h18-33,36-37,51H,6-17,34-35H2,1-5H3. The van der Waals surface area contributed by atoms with Crippen molar-refractivity contribution in [2.75, 3.05) is 10.2 Å². The summed E-state index contributed by atoms with van der Waals surface area (Å²) in [6.07, 6.45) is 18.2. The van der Waals surface area contributed by atoms with Gasteiger partial charge < -0.3 is 10.2 Å². The monoisotopic (exact) mass is 690 g/mol. The third-order valence-corrected chi connectivity index (χ3v) is 11.4. The minimum Gasteiger partial charge on any atom is -0.356 e. The molecule has 0 saturated carbocycles. The molecule has 0 spiro atoms. The fourth-order valence-electron chi connectivity index (χ4n) is 8.42. The molecule has 0 amide bonds. The summed E-state index contributed by atoms with van der Waals surface area (Å²) < 4.78 is 0. The Hall–Kier alpha value is -4.30. The van der Waals surface area contributed by atoms with Crippen LogP contribution in [0, 0.1) is 20.8 Å². The van der Waals surface area contributed by atoms with Crippen molar-refractivity contribution in [2.24, 2.45) is 0 Å². The summed E-state index contributed by atoms with van der Waals surface area (Å²) in [5.74, 6) is 0. The molecule has 1 aliphatic rings. The number of hydrogen-bond acceptors (Lipinski definition) is 2. The first kappa shape index (κ1) is 37.5. The highest BCUT2D eigenvalue weighted by atomic mass is 15.1. The number of nitrogens with zero attached hydrogens (tertiary/aromatic N) is 1. The van der Waals surface area contributed by atoms with Gasteiger partial charge in [-0.3, -0.25) is 0 Å². The summed E-state index contributed by atoms with van der Waals surface area (Å²) in [5, 5.41) is 3.78. The largest absolute Gasteiger partial charge is 0.356 e. The van der Waals surface area contributed by atoms with Gasteiger partial charge in [0.05, 0.1) is 0 Å². The van der Waals surface area contributed by atoms with Crippen molar-refractivity contribution in [1.82, 2.24) is 0 Å². The topological polar surface area (TPSA) is 15.3 Å². The van der Waals surface area contributed by atoms with Crippen LogP contribution in [0.2, 0.25) is 0 Å². The number of fused-ring (bicyclic) bond motifs is 3. The first-order valence-electron chi connectivity index (χ1n) is 20.5. The summed E-state index contributed by atoms with van der Waals surface area (Å²) >= 11 is 0. The zero-order valence-corrected chi connectivity index (χ0v) is 32.7. The Bertz CT molecular complexity index is 1790. The second-order valence-corrected chi connectivity index (χ2v) is 15.6.